The molecule has 0 nitrogen and oxygen atoms in total. The summed E-state index contributed by atoms with van der Waals surface area (Å²) < 4.78 is 0. The van der Waals surface area contributed by atoms with Crippen LogP contribution >= 0.6 is 12.6 Å². The second kappa shape index (κ2) is 6.72. The first-order valence-corrected chi connectivity index (χ1v) is 9.22. The molecule has 0 aliphatic heterocycles. The van der Waals surface area contributed by atoms with Crippen LogP contribution in [0.15, 0.2) is 47.4 Å². The lowest BCUT2D eigenvalue weighted by Crippen LogP contribution is -1.97. The highest BCUT2D eigenvalue weighted by atomic mass is 32.1. The monoisotopic (exact) mass is 346 g/mol. The van der Waals surface area contributed by atoms with E-state index in [0.29, 0.717) is 0 Å². The first-order chi connectivity index (χ1) is 11.8. The Morgan fingerprint density at radius 2 is 1.00 bits per heavy atom. The van der Waals surface area contributed by atoms with E-state index < -0.39 is 0 Å². The fraction of sp³-hybridized carbons (Fsp3) is 0.250. The number of hydrogen-bond donors (Lipinski definition) is 1. The van der Waals surface area contributed by atoms with E-state index in [2.05, 4.69) is 84.0 Å². The average Bonchev–Trinajstić information content (AvgIpc) is 2.47. The molecule has 25 heavy (non-hydrogen) atoms. The van der Waals surface area contributed by atoms with Gasteiger partial charge in [0.1, 0.15) is 0 Å². The number of rotatable bonds is 2. The molecule has 128 valence electrons. The lowest BCUT2D eigenvalue weighted by molar-refractivity contribution is 1.28. The molecule has 0 saturated heterocycles. The molecule has 0 aliphatic carbocycles. The number of aryl methyl sites for hydroxylation is 6. The molecule has 0 fully saturated rings. The molecule has 0 saturated carbocycles. The number of hydrogen-bond acceptors (Lipinski definition) is 1. The summed E-state index contributed by atoms with van der Waals surface area (Å²) in [6.07, 6.45) is 0. The molecular formula is C24H26S. The van der Waals surface area contributed by atoms with Crippen LogP contribution in [0.25, 0.3) is 22.3 Å². The molecule has 3 aromatic carbocycles. The Morgan fingerprint density at radius 3 is 1.48 bits per heavy atom. The smallest absolute Gasteiger partial charge is 0.0125 e. The van der Waals surface area contributed by atoms with Crippen molar-refractivity contribution in [2.24, 2.45) is 0 Å². The van der Waals surface area contributed by atoms with Gasteiger partial charge in [-0.25, -0.2) is 0 Å². The third-order valence-electron chi connectivity index (χ3n) is 4.92. The molecule has 0 unspecified atom stereocenters. The zero-order valence-corrected chi connectivity index (χ0v) is 16.9. The van der Waals surface area contributed by atoms with Crippen LogP contribution in [-0.2, 0) is 0 Å². The maximum atomic E-state index is 4.84. The number of thiol groups is 1. The maximum absolute atomic E-state index is 4.84. The normalized spacial score (nSPS) is 11.0. The van der Waals surface area contributed by atoms with Crippen LogP contribution in [-0.4, -0.2) is 0 Å². The minimum Gasteiger partial charge on any atom is -0.143 e. The minimum absolute atomic E-state index is 1.03. The lowest BCUT2D eigenvalue weighted by atomic mass is 9.85. The summed E-state index contributed by atoms with van der Waals surface area (Å²) in [5, 5.41) is 0. The van der Waals surface area contributed by atoms with Gasteiger partial charge in [0.25, 0.3) is 0 Å². The standard InChI is InChI=1S/C24H26S/c1-14-10-16(3)22(17(4)11-14)20-8-7-9-21(25)24(20)23-18(5)12-15(2)13-19(23)6/h7-13,25H,1-6H3. The van der Waals surface area contributed by atoms with Crippen molar-refractivity contribution in [3.63, 3.8) is 0 Å². The lowest BCUT2D eigenvalue weighted by Gasteiger charge is -2.20. The maximum Gasteiger partial charge on any atom is 0.0125 e. The molecule has 1 heteroatoms. The molecule has 3 aromatic rings. The van der Waals surface area contributed by atoms with E-state index in [1.807, 2.05) is 0 Å². The molecule has 0 amide bonds. The van der Waals surface area contributed by atoms with E-state index in [1.54, 1.807) is 0 Å². The SMILES string of the molecule is Cc1cc(C)c(-c2cccc(S)c2-c2c(C)cc(C)cc2C)c(C)c1. The highest BCUT2D eigenvalue weighted by Gasteiger charge is 2.17. The zero-order valence-electron chi connectivity index (χ0n) is 16.0. The van der Waals surface area contributed by atoms with Crippen molar-refractivity contribution in [3.05, 3.63) is 75.8 Å². The average molecular weight is 347 g/mol. The topological polar surface area (TPSA) is 0 Å². The van der Waals surface area contributed by atoms with Crippen molar-refractivity contribution in [2.45, 2.75) is 46.4 Å². The minimum atomic E-state index is 1.03. The van der Waals surface area contributed by atoms with Crippen LogP contribution in [0.2, 0.25) is 0 Å². The first-order valence-electron chi connectivity index (χ1n) is 8.78. The van der Waals surface area contributed by atoms with Crippen LogP contribution in [0, 0.1) is 41.5 Å². The van der Waals surface area contributed by atoms with Crippen molar-refractivity contribution < 1.29 is 0 Å². The summed E-state index contributed by atoms with van der Waals surface area (Å²) in [6, 6.07) is 15.5. The summed E-state index contributed by atoms with van der Waals surface area (Å²) in [5.74, 6) is 0. The Kier molecular flexibility index (Phi) is 4.79. The van der Waals surface area contributed by atoms with E-state index in [0.717, 1.165) is 4.90 Å². The van der Waals surface area contributed by atoms with Crippen LogP contribution in [0.3, 0.4) is 0 Å². The predicted molar refractivity (Wildman–Crippen MR) is 113 cm³/mol. The zero-order chi connectivity index (χ0) is 18.3. The van der Waals surface area contributed by atoms with Crippen molar-refractivity contribution in [2.75, 3.05) is 0 Å². The quantitative estimate of drug-likeness (QED) is 0.468. The van der Waals surface area contributed by atoms with Gasteiger partial charge < -0.3 is 0 Å². The molecule has 0 aromatic heterocycles. The van der Waals surface area contributed by atoms with Crippen molar-refractivity contribution in [3.8, 4) is 22.3 Å². The van der Waals surface area contributed by atoms with Crippen LogP contribution in [0.5, 0.6) is 0 Å². The fourth-order valence-corrected chi connectivity index (χ4v) is 4.51. The second-order valence-corrected chi connectivity index (χ2v) is 7.73. The van der Waals surface area contributed by atoms with Gasteiger partial charge in [-0.2, -0.15) is 0 Å². The third kappa shape index (κ3) is 3.26. The molecule has 0 radical (unpaired) electrons. The summed E-state index contributed by atoms with van der Waals surface area (Å²) in [7, 11) is 0. The fourth-order valence-electron chi connectivity index (χ4n) is 4.19. The Labute approximate surface area is 157 Å². The van der Waals surface area contributed by atoms with E-state index in [4.69, 9.17) is 12.6 Å². The predicted octanol–water partition coefficient (Wildman–Crippen LogP) is 7.16. The Bertz CT molecular complexity index is 918. The van der Waals surface area contributed by atoms with Gasteiger partial charge in [0, 0.05) is 10.5 Å². The summed E-state index contributed by atoms with van der Waals surface area (Å²) in [6.45, 7) is 13.1. The molecule has 0 spiro atoms. The van der Waals surface area contributed by atoms with E-state index in [-0.39, 0.29) is 0 Å². The van der Waals surface area contributed by atoms with Gasteiger partial charge >= 0.3 is 0 Å². The van der Waals surface area contributed by atoms with Gasteiger partial charge in [-0.15, -0.1) is 12.6 Å². The Balaban J connectivity index is 2.40. The second-order valence-electron chi connectivity index (χ2n) is 7.25. The van der Waals surface area contributed by atoms with Gasteiger partial charge in [-0.05, 0) is 86.6 Å². The van der Waals surface area contributed by atoms with Crippen molar-refractivity contribution in [1.82, 2.24) is 0 Å². The van der Waals surface area contributed by atoms with Crippen LogP contribution in [0.1, 0.15) is 33.4 Å². The van der Waals surface area contributed by atoms with Crippen LogP contribution < -0.4 is 0 Å². The summed E-state index contributed by atoms with van der Waals surface area (Å²) in [5.41, 5.74) is 13.0. The van der Waals surface area contributed by atoms with Crippen molar-refractivity contribution in [1.29, 1.82) is 0 Å². The van der Waals surface area contributed by atoms with E-state index in [1.165, 1.54) is 55.6 Å². The van der Waals surface area contributed by atoms with Gasteiger partial charge in [0.2, 0.25) is 0 Å². The molecule has 0 atom stereocenters. The summed E-state index contributed by atoms with van der Waals surface area (Å²) in [4.78, 5) is 1.03. The van der Waals surface area contributed by atoms with E-state index >= 15 is 0 Å². The van der Waals surface area contributed by atoms with Crippen LogP contribution in [0.4, 0.5) is 0 Å². The Hall–Kier alpha value is -1.99. The highest BCUT2D eigenvalue weighted by molar-refractivity contribution is 7.80. The molecular weight excluding hydrogens is 320 g/mol. The summed E-state index contributed by atoms with van der Waals surface area (Å²) >= 11 is 4.84. The highest BCUT2D eigenvalue weighted by Crippen LogP contribution is 2.42. The van der Waals surface area contributed by atoms with Gasteiger partial charge in [0.05, 0.1) is 0 Å². The van der Waals surface area contributed by atoms with Crippen molar-refractivity contribution >= 4 is 12.6 Å². The largest absolute Gasteiger partial charge is 0.143 e. The molecule has 0 heterocycles. The molecule has 0 N–H and O–H groups in total. The molecule has 0 bridgehead atoms. The van der Waals surface area contributed by atoms with Gasteiger partial charge in [-0.1, -0.05) is 47.5 Å². The van der Waals surface area contributed by atoms with E-state index in [9.17, 15) is 0 Å². The first kappa shape index (κ1) is 17.8. The third-order valence-corrected chi connectivity index (χ3v) is 5.29. The van der Waals surface area contributed by atoms with Gasteiger partial charge in [-0.3, -0.25) is 0 Å². The molecule has 3 rings (SSSR count). The Morgan fingerprint density at radius 1 is 0.560 bits per heavy atom. The number of benzene rings is 3. The molecule has 0 aliphatic rings. The van der Waals surface area contributed by atoms with Gasteiger partial charge in [0.15, 0.2) is 0 Å².